The fourth-order valence-electron chi connectivity index (χ4n) is 0.477. The van der Waals surface area contributed by atoms with Gasteiger partial charge in [0.2, 0.25) is 0 Å². The summed E-state index contributed by atoms with van der Waals surface area (Å²) in [6.07, 6.45) is 1.38. The van der Waals surface area contributed by atoms with E-state index in [0.29, 0.717) is 5.56 Å². The summed E-state index contributed by atoms with van der Waals surface area (Å²) in [5.74, 6) is 3.50. The lowest BCUT2D eigenvalue weighted by Gasteiger charge is -1.84. The fourth-order valence-corrected chi connectivity index (χ4v) is 0.477. The molecule has 1 aromatic rings. The molecular weight excluding hydrogens is 150 g/mol. The third kappa shape index (κ3) is 2.78. The van der Waals surface area contributed by atoms with Crippen molar-refractivity contribution in [2.75, 3.05) is 0 Å². The van der Waals surface area contributed by atoms with Gasteiger partial charge in [-0.1, -0.05) is 0 Å². The average Bonchev–Trinajstić information content (AvgIpc) is 2.02. The highest BCUT2D eigenvalue weighted by molar-refractivity contribution is 4.98. The van der Waals surface area contributed by atoms with Crippen molar-refractivity contribution >= 4 is 0 Å². The highest BCUT2D eigenvalue weighted by atomic mass is 16.4. The molecule has 0 saturated heterocycles. The van der Waals surface area contributed by atoms with Crippen LogP contribution >= 0.6 is 0 Å². The number of aryl methyl sites for hydroxylation is 1. The maximum Gasteiger partial charge on any atom is 0.325 e. The molecule has 1 heterocycles. The molecule has 6 heteroatoms. The molecule has 0 bridgehead atoms. The largest absolute Gasteiger partial charge is 0.325 e. The van der Waals surface area contributed by atoms with E-state index in [-0.39, 0.29) is 5.56 Å². The molecule has 0 aliphatic heterocycles. The molecule has 0 radical (unpaired) electrons. The summed E-state index contributed by atoms with van der Waals surface area (Å²) in [5, 5.41) is 6.50. The summed E-state index contributed by atoms with van der Waals surface area (Å²) >= 11 is 0. The number of aromatic amines is 2. The Hall–Kier alpha value is -1.40. The van der Waals surface area contributed by atoms with Gasteiger partial charge in [0.05, 0.1) is 0 Å². The van der Waals surface area contributed by atoms with Gasteiger partial charge < -0.3 is 10.2 Å². The van der Waals surface area contributed by atoms with Crippen LogP contribution in [-0.2, 0) is 0 Å². The molecule has 1 rings (SSSR count). The summed E-state index contributed by atoms with van der Waals surface area (Å²) in [5.41, 5.74) is -0.293. The molecule has 11 heavy (non-hydrogen) atoms. The van der Waals surface area contributed by atoms with Crippen molar-refractivity contribution in [3.05, 3.63) is 32.6 Å². The number of hydrogen-bond donors (Lipinski definition) is 4. The fraction of sp³-hybridized carbons (Fsp3) is 0.200. The number of hydrogen-bond acceptors (Lipinski definition) is 4. The van der Waals surface area contributed by atoms with Gasteiger partial charge in [0.15, 0.2) is 0 Å². The molecule has 0 amide bonds. The Kier molecular flexibility index (Phi) is 3.86. The van der Waals surface area contributed by atoms with Gasteiger partial charge in [-0.3, -0.25) is 9.78 Å². The quantitative estimate of drug-likeness (QED) is 0.352. The number of rotatable bonds is 0. The number of nitrogens with two attached hydrogens (primary N) is 1. The van der Waals surface area contributed by atoms with Gasteiger partial charge in [-0.2, -0.15) is 0 Å². The van der Waals surface area contributed by atoms with Gasteiger partial charge in [-0.15, -0.1) is 0 Å². The van der Waals surface area contributed by atoms with E-state index >= 15 is 0 Å². The Bertz CT molecular complexity index is 313. The molecule has 0 aliphatic carbocycles. The second kappa shape index (κ2) is 4.42. The monoisotopic (exact) mass is 159 g/mol. The minimum absolute atomic E-state index is 0.334. The third-order valence-electron chi connectivity index (χ3n) is 1.00. The normalized spacial score (nSPS) is 8.27. The van der Waals surface area contributed by atoms with E-state index in [1.165, 1.54) is 6.20 Å². The Morgan fingerprint density at radius 3 is 2.36 bits per heavy atom. The van der Waals surface area contributed by atoms with Gasteiger partial charge in [0, 0.05) is 11.8 Å². The molecule has 0 fully saturated rings. The van der Waals surface area contributed by atoms with E-state index in [1.807, 2.05) is 0 Å². The highest BCUT2D eigenvalue weighted by Gasteiger charge is 1.88. The van der Waals surface area contributed by atoms with Crippen molar-refractivity contribution in [1.82, 2.24) is 9.97 Å². The molecule has 62 valence electrons. The van der Waals surface area contributed by atoms with Gasteiger partial charge in [-0.05, 0) is 6.92 Å². The standard InChI is InChI=1S/C5H6N2O2.H3NO/c1-3-2-6-5(9)7-4(3)8;1-2/h2H,1H3,(H2,6,7,8,9);2H,1H2. The lowest BCUT2D eigenvalue weighted by Crippen LogP contribution is -2.22. The smallest absolute Gasteiger partial charge is 0.320 e. The predicted octanol–water partition coefficient (Wildman–Crippen LogP) is -1.29. The maximum absolute atomic E-state index is 10.6. The Balaban J connectivity index is 0.000000461. The lowest BCUT2D eigenvalue weighted by atomic mass is 10.4. The SMILES string of the molecule is Cc1c[nH]c(=O)[nH]c1=O.NO. The van der Waals surface area contributed by atoms with E-state index in [1.54, 1.807) is 6.92 Å². The Morgan fingerprint density at radius 1 is 1.45 bits per heavy atom. The number of H-pyrrole nitrogens is 2. The minimum Gasteiger partial charge on any atom is -0.320 e. The lowest BCUT2D eigenvalue weighted by molar-refractivity contribution is 0.311. The molecule has 0 aromatic carbocycles. The van der Waals surface area contributed by atoms with Crippen LogP contribution in [-0.4, -0.2) is 15.2 Å². The summed E-state index contributed by atoms with van der Waals surface area (Å²) in [4.78, 5) is 25.3. The first kappa shape index (κ1) is 9.60. The van der Waals surface area contributed by atoms with Gasteiger partial charge >= 0.3 is 5.69 Å². The average molecular weight is 159 g/mol. The second-order valence-electron chi connectivity index (χ2n) is 1.75. The maximum atomic E-state index is 10.6. The minimum atomic E-state index is -0.467. The molecule has 0 aliphatic rings. The van der Waals surface area contributed by atoms with Crippen molar-refractivity contribution in [2.24, 2.45) is 5.90 Å². The van der Waals surface area contributed by atoms with E-state index in [2.05, 4.69) is 15.9 Å². The number of nitrogens with one attached hydrogen (secondary N) is 2. The summed E-state index contributed by atoms with van der Waals surface area (Å²) < 4.78 is 0. The Labute approximate surface area is 61.7 Å². The van der Waals surface area contributed by atoms with Gasteiger partial charge in [0.1, 0.15) is 0 Å². The van der Waals surface area contributed by atoms with E-state index in [4.69, 9.17) is 5.21 Å². The van der Waals surface area contributed by atoms with Crippen LogP contribution in [0.2, 0.25) is 0 Å². The molecule has 1 aromatic heterocycles. The van der Waals surface area contributed by atoms with Crippen molar-refractivity contribution in [3.63, 3.8) is 0 Å². The Morgan fingerprint density at radius 2 is 2.00 bits per heavy atom. The van der Waals surface area contributed by atoms with Crippen molar-refractivity contribution in [2.45, 2.75) is 6.92 Å². The van der Waals surface area contributed by atoms with Crippen LogP contribution in [0, 0.1) is 6.92 Å². The first-order chi connectivity index (χ1) is 5.20. The summed E-state index contributed by atoms with van der Waals surface area (Å²) in [7, 11) is 0. The molecule has 5 N–H and O–H groups in total. The van der Waals surface area contributed by atoms with E-state index < -0.39 is 5.69 Å². The van der Waals surface area contributed by atoms with Crippen molar-refractivity contribution in [3.8, 4) is 0 Å². The molecule has 0 spiro atoms. The van der Waals surface area contributed by atoms with Crippen molar-refractivity contribution < 1.29 is 5.21 Å². The van der Waals surface area contributed by atoms with Crippen LogP contribution in [0.1, 0.15) is 5.56 Å². The molecule has 0 saturated carbocycles. The zero-order chi connectivity index (χ0) is 8.85. The second-order valence-corrected chi connectivity index (χ2v) is 1.75. The van der Waals surface area contributed by atoms with Crippen LogP contribution in [0.4, 0.5) is 0 Å². The molecule has 0 atom stereocenters. The van der Waals surface area contributed by atoms with Gasteiger partial charge in [0.25, 0.3) is 5.56 Å². The van der Waals surface area contributed by atoms with Crippen LogP contribution in [0.5, 0.6) is 0 Å². The first-order valence-electron chi connectivity index (χ1n) is 2.74. The zero-order valence-corrected chi connectivity index (χ0v) is 5.92. The van der Waals surface area contributed by atoms with E-state index in [0.717, 1.165) is 0 Å². The van der Waals surface area contributed by atoms with Gasteiger partial charge in [-0.25, -0.2) is 10.7 Å². The topological polar surface area (TPSA) is 112 Å². The zero-order valence-electron chi connectivity index (χ0n) is 5.92. The van der Waals surface area contributed by atoms with Crippen LogP contribution in [0.3, 0.4) is 0 Å². The molecular formula is C5H9N3O3. The van der Waals surface area contributed by atoms with Crippen molar-refractivity contribution in [1.29, 1.82) is 0 Å². The highest BCUT2D eigenvalue weighted by Crippen LogP contribution is 1.73. The molecule has 0 unspecified atom stereocenters. The predicted molar refractivity (Wildman–Crippen MR) is 38.4 cm³/mol. The van der Waals surface area contributed by atoms with E-state index in [9.17, 15) is 9.59 Å². The summed E-state index contributed by atoms with van der Waals surface area (Å²) in [6.45, 7) is 1.62. The third-order valence-corrected chi connectivity index (χ3v) is 1.00. The summed E-state index contributed by atoms with van der Waals surface area (Å²) in [6, 6.07) is 0. The van der Waals surface area contributed by atoms with Crippen LogP contribution in [0.15, 0.2) is 15.8 Å². The molecule has 6 nitrogen and oxygen atoms in total. The number of aromatic nitrogens is 2. The first-order valence-corrected chi connectivity index (χ1v) is 2.74. The van der Waals surface area contributed by atoms with Crippen LogP contribution in [0.25, 0.3) is 0 Å². The van der Waals surface area contributed by atoms with Crippen LogP contribution < -0.4 is 17.1 Å².